The topological polar surface area (TPSA) is 45.0 Å². The van der Waals surface area contributed by atoms with E-state index in [1.54, 1.807) is 12.1 Å². The number of rotatable bonds is 5. The summed E-state index contributed by atoms with van der Waals surface area (Å²) in [4.78, 5) is 0. The summed E-state index contributed by atoms with van der Waals surface area (Å²) in [6.07, 6.45) is 0. The maximum absolute atomic E-state index is 8.77. The molecule has 0 amide bonds. The smallest absolute Gasteiger partial charge is 0.119 e. The van der Waals surface area contributed by atoms with Gasteiger partial charge in [-0.25, -0.2) is 0 Å². The van der Waals surface area contributed by atoms with Gasteiger partial charge in [-0.2, -0.15) is 5.26 Å². The molecular formula is C15H13ClN2O. The first-order valence-electron chi connectivity index (χ1n) is 5.91. The van der Waals surface area contributed by atoms with Crippen LogP contribution in [0.2, 0.25) is 5.02 Å². The fourth-order valence-corrected chi connectivity index (χ4v) is 1.82. The first-order valence-corrected chi connectivity index (χ1v) is 6.29. The number of hydrogen-bond acceptors (Lipinski definition) is 3. The normalized spacial score (nSPS) is 9.68. The molecule has 0 unspecified atom stereocenters. The number of para-hydroxylation sites is 1. The van der Waals surface area contributed by atoms with Crippen LogP contribution in [0.5, 0.6) is 5.75 Å². The number of benzene rings is 2. The number of nitrogens with one attached hydrogen (secondary N) is 1. The first-order chi connectivity index (χ1) is 9.29. The second-order valence-corrected chi connectivity index (χ2v) is 4.30. The molecule has 1 N–H and O–H groups in total. The molecule has 0 aliphatic heterocycles. The molecule has 0 heterocycles. The van der Waals surface area contributed by atoms with Gasteiger partial charge in [-0.3, -0.25) is 0 Å². The van der Waals surface area contributed by atoms with Crippen LogP contribution in [0.4, 0.5) is 5.69 Å². The molecule has 0 aliphatic carbocycles. The molecule has 2 aromatic rings. The van der Waals surface area contributed by atoms with Crippen molar-refractivity contribution < 1.29 is 4.74 Å². The third-order valence-corrected chi connectivity index (χ3v) is 2.85. The molecule has 0 atom stereocenters. The van der Waals surface area contributed by atoms with E-state index in [0.29, 0.717) is 23.7 Å². The summed E-state index contributed by atoms with van der Waals surface area (Å²) in [6, 6.07) is 16.9. The summed E-state index contributed by atoms with van der Waals surface area (Å²) >= 11 is 5.94. The fraction of sp³-hybridized carbons (Fsp3) is 0.133. The third-order valence-electron chi connectivity index (χ3n) is 2.53. The molecule has 0 saturated heterocycles. The summed E-state index contributed by atoms with van der Waals surface area (Å²) in [5.74, 6) is 0.849. The van der Waals surface area contributed by atoms with Gasteiger partial charge in [-0.05, 0) is 30.3 Å². The van der Waals surface area contributed by atoms with E-state index in [1.807, 2.05) is 42.5 Å². The number of nitrogens with zero attached hydrogens (tertiary/aromatic N) is 1. The lowest BCUT2D eigenvalue weighted by Gasteiger charge is -2.09. The highest BCUT2D eigenvalue weighted by Gasteiger charge is 2.00. The van der Waals surface area contributed by atoms with Crippen LogP contribution in [0.3, 0.4) is 0 Å². The zero-order valence-electron chi connectivity index (χ0n) is 10.3. The van der Waals surface area contributed by atoms with Gasteiger partial charge < -0.3 is 10.1 Å². The fourth-order valence-electron chi connectivity index (χ4n) is 1.60. The summed E-state index contributed by atoms with van der Waals surface area (Å²) in [5.41, 5.74) is 1.36. The summed E-state index contributed by atoms with van der Waals surface area (Å²) in [6.45, 7) is 1.22. The van der Waals surface area contributed by atoms with E-state index in [1.165, 1.54) is 0 Å². The van der Waals surface area contributed by atoms with Crippen molar-refractivity contribution in [3.05, 3.63) is 59.1 Å². The Balaban J connectivity index is 1.80. The Bertz CT molecular complexity index is 578. The minimum atomic E-state index is 0.455. The van der Waals surface area contributed by atoms with Crippen LogP contribution in [-0.2, 0) is 0 Å². The summed E-state index contributed by atoms with van der Waals surface area (Å²) in [7, 11) is 0. The molecule has 96 valence electrons. The van der Waals surface area contributed by atoms with Crippen LogP contribution in [0, 0.1) is 11.3 Å². The Hall–Kier alpha value is -2.18. The van der Waals surface area contributed by atoms with Gasteiger partial charge in [-0.1, -0.05) is 29.8 Å². The van der Waals surface area contributed by atoms with E-state index < -0.39 is 0 Å². The van der Waals surface area contributed by atoms with Crippen LogP contribution in [0.15, 0.2) is 48.5 Å². The SMILES string of the molecule is N#Cc1ccc(NCCOc2ccccc2)cc1Cl. The van der Waals surface area contributed by atoms with E-state index in [4.69, 9.17) is 21.6 Å². The number of ether oxygens (including phenoxy) is 1. The van der Waals surface area contributed by atoms with Gasteiger partial charge in [0, 0.05) is 12.2 Å². The number of nitriles is 1. The molecule has 3 nitrogen and oxygen atoms in total. The van der Waals surface area contributed by atoms with Crippen molar-refractivity contribution in [2.75, 3.05) is 18.5 Å². The molecule has 0 fully saturated rings. The lowest BCUT2D eigenvalue weighted by atomic mass is 10.2. The van der Waals surface area contributed by atoms with Crippen LogP contribution < -0.4 is 10.1 Å². The maximum Gasteiger partial charge on any atom is 0.119 e. The number of halogens is 1. The van der Waals surface area contributed by atoms with Crippen molar-refractivity contribution in [2.45, 2.75) is 0 Å². The highest BCUT2D eigenvalue weighted by atomic mass is 35.5. The molecule has 4 heteroatoms. The van der Waals surface area contributed by atoms with Gasteiger partial charge in [0.25, 0.3) is 0 Å². The average Bonchev–Trinajstić information content (AvgIpc) is 2.45. The van der Waals surface area contributed by atoms with Gasteiger partial charge in [0.1, 0.15) is 18.4 Å². The molecule has 0 aliphatic rings. The quantitative estimate of drug-likeness (QED) is 0.844. The highest BCUT2D eigenvalue weighted by Crippen LogP contribution is 2.19. The standard InChI is InChI=1S/C15H13ClN2O/c16-15-10-13(7-6-12(15)11-17)18-8-9-19-14-4-2-1-3-5-14/h1-7,10,18H,8-9H2. The van der Waals surface area contributed by atoms with Crippen LogP contribution >= 0.6 is 11.6 Å². The number of anilines is 1. The van der Waals surface area contributed by atoms with Gasteiger partial charge in [-0.15, -0.1) is 0 Å². The minimum absolute atomic E-state index is 0.455. The molecule has 0 bridgehead atoms. The molecule has 19 heavy (non-hydrogen) atoms. The number of hydrogen-bond donors (Lipinski definition) is 1. The zero-order valence-corrected chi connectivity index (χ0v) is 11.0. The van der Waals surface area contributed by atoms with Gasteiger partial charge >= 0.3 is 0 Å². The Morgan fingerprint density at radius 2 is 1.95 bits per heavy atom. The van der Waals surface area contributed by atoms with E-state index in [9.17, 15) is 0 Å². The van der Waals surface area contributed by atoms with Crippen molar-refractivity contribution in [2.24, 2.45) is 0 Å². The first kappa shape index (κ1) is 13.3. The van der Waals surface area contributed by atoms with Crippen molar-refractivity contribution >= 4 is 17.3 Å². The van der Waals surface area contributed by atoms with Crippen LogP contribution in [-0.4, -0.2) is 13.2 Å². The predicted octanol–water partition coefficient (Wildman–Crippen LogP) is 3.70. The van der Waals surface area contributed by atoms with Crippen molar-refractivity contribution in [1.29, 1.82) is 5.26 Å². The van der Waals surface area contributed by atoms with E-state index >= 15 is 0 Å². The summed E-state index contributed by atoms with van der Waals surface area (Å²) < 4.78 is 5.56. The van der Waals surface area contributed by atoms with Crippen molar-refractivity contribution in [3.63, 3.8) is 0 Å². The molecule has 0 saturated carbocycles. The molecule has 0 aromatic heterocycles. The lowest BCUT2D eigenvalue weighted by Crippen LogP contribution is -2.11. The van der Waals surface area contributed by atoms with Crippen LogP contribution in [0.1, 0.15) is 5.56 Å². The Kier molecular flexibility index (Phi) is 4.66. The molecule has 0 radical (unpaired) electrons. The lowest BCUT2D eigenvalue weighted by molar-refractivity contribution is 0.333. The molecule has 2 rings (SSSR count). The minimum Gasteiger partial charge on any atom is -0.492 e. The zero-order chi connectivity index (χ0) is 13.5. The Morgan fingerprint density at radius 3 is 2.63 bits per heavy atom. The Morgan fingerprint density at radius 1 is 1.16 bits per heavy atom. The third kappa shape index (κ3) is 3.90. The molecular weight excluding hydrogens is 260 g/mol. The van der Waals surface area contributed by atoms with Gasteiger partial charge in [0.2, 0.25) is 0 Å². The Labute approximate surface area is 117 Å². The van der Waals surface area contributed by atoms with E-state index in [0.717, 1.165) is 11.4 Å². The van der Waals surface area contributed by atoms with Gasteiger partial charge in [0.05, 0.1) is 10.6 Å². The average molecular weight is 273 g/mol. The summed E-state index contributed by atoms with van der Waals surface area (Å²) in [5, 5.41) is 12.4. The van der Waals surface area contributed by atoms with Crippen molar-refractivity contribution in [3.8, 4) is 11.8 Å². The second kappa shape index (κ2) is 6.67. The van der Waals surface area contributed by atoms with Crippen molar-refractivity contribution in [1.82, 2.24) is 0 Å². The van der Waals surface area contributed by atoms with Gasteiger partial charge in [0.15, 0.2) is 0 Å². The monoisotopic (exact) mass is 272 g/mol. The molecule has 0 spiro atoms. The molecule has 2 aromatic carbocycles. The van der Waals surface area contributed by atoms with E-state index in [-0.39, 0.29) is 0 Å². The van der Waals surface area contributed by atoms with Crippen LogP contribution in [0.25, 0.3) is 0 Å². The van der Waals surface area contributed by atoms with E-state index in [2.05, 4.69) is 5.32 Å². The largest absolute Gasteiger partial charge is 0.492 e. The highest BCUT2D eigenvalue weighted by molar-refractivity contribution is 6.32. The predicted molar refractivity (Wildman–Crippen MR) is 76.6 cm³/mol. The second-order valence-electron chi connectivity index (χ2n) is 3.89. The maximum atomic E-state index is 8.77.